The molecule has 0 aliphatic carbocycles. The first-order chi connectivity index (χ1) is 11.5. The van der Waals surface area contributed by atoms with Crippen molar-refractivity contribution in [3.63, 3.8) is 0 Å². The molecule has 0 radical (unpaired) electrons. The first kappa shape index (κ1) is 17.6. The van der Waals surface area contributed by atoms with Gasteiger partial charge in [-0.3, -0.25) is 4.79 Å². The third-order valence-corrected chi connectivity index (χ3v) is 4.17. The molecule has 2 N–H and O–H groups in total. The molecule has 2 rings (SSSR count). The molecular formula is C20H23N3O. The number of carbonyl (C=O) groups excluding carboxylic acids is 1. The molecule has 0 heterocycles. The van der Waals surface area contributed by atoms with Crippen LogP contribution in [0.25, 0.3) is 0 Å². The number of para-hydroxylation sites is 1. The number of nitrogens with one attached hydrogen (secondary N) is 2. The zero-order chi connectivity index (χ0) is 17.5. The van der Waals surface area contributed by atoms with Crippen LogP contribution in [-0.4, -0.2) is 11.9 Å². The first-order valence-electron chi connectivity index (χ1n) is 8.21. The Hall–Kier alpha value is -2.80. The fraction of sp³-hybridized carbons (Fsp3) is 0.300. The van der Waals surface area contributed by atoms with Gasteiger partial charge in [0.15, 0.2) is 0 Å². The molecule has 0 saturated heterocycles. The molecule has 2 aromatic rings. The van der Waals surface area contributed by atoms with Crippen LogP contribution in [0.3, 0.4) is 0 Å². The minimum absolute atomic E-state index is 0.177. The predicted molar refractivity (Wildman–Crippen MR) is 98.0 cm³/mol. The molecule has 124 valence electrons. The zero-order valence-corrected chi connectivity index (χ0v) is 14.3. The molecule has 1 amide bonds. The van der Waals surface area contributed by atoms with Crippen LogP contribution in [0.4, 0.5) is 11.4 Å². The van der Waals surface area contributed by atoms with Gasteiger partial charge in [-0.15, -0.1) is 0 Å². The van der Waals surface area contributed by atoms with Gasteiger partial charge in [0, 0.05) is 5.69 Å². The quantitative estimate of drug-likeness (QED) is 0.822. The smallest absolute Gasteiger partial charge is 0.246 e. The molecule has 0 fully saturated rings. The lowest BCUT2D eigenvalue weighted by atomic mass is 9.98. The Kier molecular flexibility index (Phi) is 5.97. The molecule has 0 spiro atoms. The number of anilines is 2. The molecule has 0 aromatic heterocycles. The van der Waals surface area contributed by atoms with E-state index in [0.29, 0.717) is 17.2 Å². The summed E-state index contributed by atoms with van der Waals surface area (Å²) in [6, 6.07) is 16.8. The maximum absolute atomic E-state index is 12.3. The number of rotatable bonds is 6. The number of amides is 1. The van der Waals surface area contributed by atoms with Crippen LogP contribution < -0.4 is 10.6 Å². The zero-order valence-electron chi connectivity index (χ0n) is 14.3. The third kappa shape index (κ3) is 4.36. The van der Waals surface area contributed by atoms with Crippen molar-refractivity contribution in [3.05, 3.63) is 59.7 Å². The largest absolute Gasteiger partial charge is 0.374 e. The van der Waals surface area contributed by atoms with Gasteiger partial charge < -0.3 is 10.6 Å². The molecule has 2 aromatic carbocycles. The standard InChI is InChI=1S/C20H23N3O/c1-4-14(2)16-9-11-18(12-10-16)22-15(3)20(24)23-19-8-6-5-7-17(19)13-21/h5-12,14-15,22H,4H2,1-3H3,(H,23,24)/t14-,15-/m0/s1. The van der Waals surface area contributed by atoms with E-state index in [9.17, 15) is 4.79 Å². The highest BCUT2D eigenvalue weighted by Gasteiger charge is 2.14. The topological polar surface area (TPSA) is 64.9 Å². The van der Waals surface area contributed by atoms with Gasteiger partial charge in [0.2, 0.25) is 5.91 Å². The maximum Gasteiger partial charge on any atom is 0.246 e. The van der Waals surface area contributed by atoms with Gasteiger partial charge in [0.1, 0.15) is 12.1 Å². The van der Waals surface area contributed by atoms with Gasteiger partial charge in [-0.25, -0.2) is 0 Å². The third-order valence-electron chi connectivity index (χ3n) is 4.17. The number of benzene rings is 2. The summed E-state index contributed by atoms with van der Waals surface area (Å²) in [5.41, 5.74) is 3.18. The van der Waals surface area contributed by atoms with Crippen LogP contribution in [-0.2, 0) is 4.79 Å². The fourth-order valence-electron chi connectivity index (χ4n) is 2.39. The van der Waals surface area contributed by atoms with Gasteiger partial charge in [0.05, 0.1) is 11.3 Å². The van der Waals surface area contributed by atoms with Gasteiger partial charge in [0.25, 0.3) is 0 Å². The minimum atomic E-state index is -0.411. The van der Waals surface area contributed by atoms with Gasteiger partial charge in [-0.05, 0) is 49.1 Å². The number of hydrogen-bond donors (Lipinski definition) is 2. The molecular weight excluding hydrogens is 298 g/mol. The number of carbonyl (C=O) groups is 1. The van der Waals surface area contributed by atoms with E-state index in [1.165, 1.54) is 5.56 Å². The lowest BCUT2D eigenvalue weighted by Crippen LogP contribution is -2.32. The summed E-state index contributed by atoms with van der Waals surface area (Å²) >= 11 is 0. The molecule has 0 unspecified atom stereocenters. The van der Waals surface area contributed by atoms with Crippen LogP contribution >= 0.6 is 0 Å². The van der Waals surface area contributed by atoms with E-state index < -0.39 is 6.04 Å². The molecule has 4 heteroatoms. The van der Waals surface area contributed by atoms with Crippen molar-refractivity contribution >= 4 is 17.3 Å². The van der Waals surface area contributed by atoms with Crippen molar-refractivity contribution < 1.29 is 4.79 Å². The second kappa shape index (κ2) is 8.16. The van der Waals surface area contributed by atoms with Gasteiger partial charge in [-0.2, -0.15) is 5.26 Å². The Morgan fingerprint density at radius 1 is 1.12 bits per heavy atom. The number of hydrogen-bond acceptors (Lipinski definition) is 3. The fourth-order valence-corrected chi connectivity index (χ4v) is 2.39. The summed E-state index contributed by atoms with van der Waals surface area (Å²) < 4.78 is 0. The lowest BCUT2D eigenvalue weighted by Gasteiger charge is -2.17. The summed E-state index contributed by atoms with van der Waals surface area (Å²) in [5, 5.41) is 15.1. The van der Waals surface area contributed by atoms with E-state index >= 15 is 0 Å². The molecule has 2 atom stereocenters. The summed E-state index contributed by atoms with van der Waals surface area (Å²) in [6.45, 7) is 6.17. The van der Waals surface area contributed by atoms with Crippen LogP contribution in [0, 0.1) is 11.3 Å². The average Bonchev–Trinajstić information content (AvgIpc) is 2.62. The minimum Gasteiger partial charge on any atom is -0.374 e. The SMILES string of the molecule is CC[C@H](C)c1ccc(N[C@@H](C)C(=O)Nc2ccccc2C#N)cc1. The van der Waals surface area contributed by atoms with E-state index in [1.807, 2.05) is 12.1 Å². The Labute approximate surface area is 143 Å². The molecule has 0 aliphatic heterocycles. The van der Waals surface area contributed by atoms with Crippen molar-refractivity contribution in [1.29, 1.82) is 5.26 Å². The second-order valence-corrected chi connectivity index (χ2v) is 5.94. The summed E-state index contributed by atoms with van der Waals surface area (Å²) in [5.74, 6) is 0.353. The van der Waals surface area contributed by atoms with Crippen molar-refractivity contribution in [2.45, 2.75) is 39.2 Å². The van der Waals surface area contributed by atoms with Crippen LogP contribution in [0.2, 0.25) is 0 Å². The maximum atomic E-state index is 12.3. The highest BCUT2D eigenvalue weighted by Crippen LogP contribution is 2.21. The van der Waals surface area contributed by atoms with Gasteiger partial charge in [-0.1, -0.05) is 38.1 Å². The molecule has 4 nitrogen and oxygen atoms in total. The molecule has 0 saturated carbocycles. The second-order valence-electron chi connectivity index (χ2n) is 5.94. The summed E-state index contributed by atoms with van der Waals surface area (Å²) in [4.78, 5) is 12.3. The van der Waals surface area contributed by atoms with E-state index in [1.54, 1.807) is 31.2 Å². The lowest BCUT2D eigenvalue weighted by molar-refractivity contribution is -0.116. The average molecular weight is 321 g/mol. The number of nitriles is 1. The first-order valence-corrected chi connectivity index (χ1v) is 8.21. The molecule has 0 bridgehead atoms. The van der Waals surface area contributed by atoms with Crippen LogP contribution in [0.5, 0.6) is 0 Å². The van der Waals surface area contributed by atoms with Crippen molar-refractivity contribution in [1.82, 2.24) is 0 Å². The Balaban J connectivity index is 2.00. The van der Waals surface area contributed by atoms with Crippen molar-refractivity contribution in [2.75, 3.05) is 10.6 Å². The predicted octanol–water partition coefficient (Wildman–Crippen LogP) is 4.51. The Morgan fingerprint density at radius 2 is 1.79 bits per heavy atom. The normalized spacial score (nSPS) is 12.8. The van der Waals surface area contributed by atoms with Gasteiger partial charge >= 0.3 is 0 Å². The highest BCUT2D eigenvalue weighted by atomic mass is 16.2. The van der Waals surface area contributed by atoms with Crippen LogP contribution in [0.1, 0.15) is 44.2 Å². The van der Waals surface area contributed by atoms with Crippen LogP contribution in [0.15, 0.2) is 48.5 Å². The Bertz CT molecular complexity index is 731. The summed E-state index contributed by atoms with van der Waals surface area (Å²) in [6.07, 6.45) is 1.10. The van der Waals surface area contributed by atoms with Crippen molar-refractivity contribution in [2.24, 2.45) is 0 Å². The number of nitrogens with zero attached hydrogens (tertiary/aromatic N) is 1. The van der Waals surface area contributed by atoms with E-state index in [4.69, 9.17) is 5.26 Å². The van der Waals surface area contributed by atoms with E-state index in [-0.39, 0.29) is 5.91 Å². The molecule has 24 heavy (non-hydrogen) atoms. The Morgan fingerprint density at radius 3 is 2.42 bits per heavy atom. The van der Waals surface area contributed by atoms with E-state index in [0.717, 1.165) is 12.1 Å². The van der Waals surface area contributed by atoms with Crippen molar-refractivity contribution in [3.8, 4) is 6.07 Å². The van der Waals surface area contributed by atoms with E-state index in [2.05, 4.69) is 42.7 Å². The summed E-state index contributed by atoms with van der Waals surface area (Å²) in [7, 11) is 0. The highest BCUT2D eigenvalue weighted by molar-refractivity contribution is 5.97. The monoisotopic (exact) mass is 321 g/mol. The molecule has 0 aliphatic rings.